The minimum Gasteiger partial charge on any atom is -0.371 e. The topological polar surface area (TPSA) is 64.7 Å². The second kappa shape index (κ2) is 11.4. The van der Waals surface area contributed by atoms with E-state index >= 15 is 0 Å². The number of carbonyl (C=O) groups excluding carboxylic acids is 2. The summed E-state index contributed by atoms with van der Waals surface area (Å²) in [5.41, 5.74) is 4.53. The summed E-state index contributed by atoms with van der Waals surface area (Å²) < 4.78 is 14.0. The van der Waals surface area contributed by atoms with E-state index < -0.39 is 6.04 Å². The highest BCUT2D eigenvalue weighted by Gasteiger charge is 2.28. The van der Waals surface area contributed by atoms with Crippen molar-refractivity contribution in [2.24, 2.45) is 0 Å². The van der Waals surface area contributed by atoms with Crippen molar-refractivity contribution >= 4 is 63.8 Å². The highest BCUT2D eigenvalue weighted by atomic mass is 35.5. The molecule has 1 saturated heterocycles. The van der Waals surface area contributed by atoms with Crippen LogP contribution in [0.2, 0.25) is 10.0 Å². The maximum Gasteiger partial charge on any atom is 0.254 e. The van der Waals surface area contributed by atoms with Gasteiger partial charge in [-0.2, -0.15) is 11.8 Å². The molecule has 6 nitrogen and oxygen atoms in total. The minimum atomic E-state index is -0.484. The number of rotatable bonds is 6. The van der Waals surface area contributed by atoms with Gasteiger partial charge in [0.2, 0.25) is 5.91 Å². The van der Waals surface area contributed by atoms with Gasteiger partial charge in [0.25, 0.3) is 5.91 Å². The Labute approximate surface area is 235 Å². The third kappa shape index (κ3) is 5.72. The first-order chi connectivity index (χ1) is 18.3. The lowest BCUT2D eigenvalue weighted by Gasteiger charge is -2.37. The van der Waals surface area contributed by atoms with Crippen LogP contribution >= 0.6 is 35.0 Å². The Bertz CT molecular complexity index is 1360. The smallest absolute Gasteiger partial charge is 0.254 e. The van der Waals surface area contributed by atoms with E-state index in [0.717, 1.165) is 16.9 Å². The highest BCUT2D eigenvalue weighted by molar-refractivity contribution is 7.98. The summed E-state index contributed by atoms with van der Waals surface area (Å²) in [6, 6.07) is 15.3. The standard InChI is InChI=1S/C28H27Cl2FN4O2S/c1-17-5-7-19(29)14-26(17)34-9-11-35(12-10-34)28(37)18-6-8-23-24(13-18)33-27(36)25(32-23)16-38-15-20-21(30)3-2-4-22(20)31/h2-8,13-14,25,32H,9-12,15-16H2,1H3,(H,33,36)/t25-/m0/s1. The van der Waals surface area contributed by atoms with Crippen molar-refractivity contribution in [2.45, 2.75) is 18.7 Å². The summed E-state index contributed by atoms with van der Waals surface area (Å²) in [4.78, 5) is 30.1. The number of amides is 2. The molecule has 198 valence electrons. The predicted molar refractivity (Wildman–Crippen MR) is 154 cm³/mol. The van der Waals surface area contributed by atoms with Crippen LogP contribution in [0.5, 0.6) is 0 Å². The lowest BCUT2D eigenvalue weighted by atomic mass is 10.1. The van der Waals surface area contributed by atoms with Crippen molar-refractivity contribution in [2.75, 3.05) is 47.5 Å². The third-order valence-corrected chi connectivity index (χ3v) is 8.49. The van der Waals surface area contributed by atoms with Gasteiger partial charge in [-0.1, -0.05) is 35.3 Å². The van der Waals surface area contributed by atoms with E-state index in [0.29, 0.717) is 64.5 Å². The summed E-state index contributed by atoms with van der Waals surface area (Å²) >= 11 is 13.7. The first kappa shape index (κ1) is 26.7. The summed E-state index contributed by atoms with van der Waals surface area (Å²) in [7, 11) is 0. The fraction of sp³-hybridized carbons (Fsp3) is 0.286. The molecule has 0 aliphatic carbocycles. The Morgan fingerprint density at radius 3 is 2.61 bits per heavy atom. The number of hydrogen-bond acceptors (Lipinski definition) is 5. The lowest BCUT2D eigenvalue weighted by molar-refractivity contribution is -0.116. The second-order valence-corrected chi connectivity index (χ2v) is 11.2. The average Bonchev–Trinajstić information content (AvgIpc) is 2.91. The number of halogens is 3. The Morgan fingerprint density at radius 1 is 1.05 bits per heavy atom. The van der Waals surface area contributed by atoms with Crippen LogP contribution in [-0.2, 0) is 10.5 Å². The van der Waals surface area contributed by atoms with Gasteiger partial charge in [-0.3, -0.25) is 9.59 Å². The zero-order valence-corrected chi connectivity index (χ0v) is 23.1. The van der Waals surface area contributed by atoms with Gasteiger partial charge in [-0.15, -0.1) is 0 Å². The van der Waals surface area contributed by atoms with Gasteiger partial charge in [0, 0.05) is 64.5 Å². The molecular formula is C28H27Cl2FN4O2S. The maximum atomic E-state index is 14.0. The number of benzene rings is 3. The summed E-state index contributed by atoms with van der Waals surface area (Å²) in [5, 5.41) is 7.23. The van der Waals surface area contributed by atoms with E-state index in [9.17, 15) is 14.0 Å². The van der Waals surface area contributed by atoms with Gasteiger partial charge in [-0.05, 0) is 55.0 Å². The van der Waals surface area contributed by atoms with Gasteiger partial charge >= 0.3 is 0 Å². The van der Waals surface area contributed by atoms with E-state index in [1.807, 2.05) is 29.2 Å². The predicted octanol–water partition coefficient (Wildman–Crippen LogP) is 6.07. The molecule has 3 aromatic carbocycles. The van der Waals surface area contributed by atoms with Crippen LogP contribution in [0.3, 0.4) is 0 Å². The third-order valence-electron chi connectivity index (χ3n) is 6.84. The number of nitrogens with zero attached hydrogens (tertiary/aromatic N) is 2. The molecule has 0 spiro atoms. The van der Waals surface area contributed by atoms with Gasteiger partial charge in [0.15, 0.2) is 0 Å². The number of fused-ring (bicyclic) bond motifs is 1. The first-order valence-electron chi connectivity index (χ1n) is 12.3. The van der Waals surface area contributed by atoms with Crippen LogP contribution < -0.4 is 15.5 Å². The van der Waals surface area contributed by atoms with Crippen LogP contribution in [0.15, 0.2) is 54.6 Å². The first-order valence-corrected chi connectivity index (χ1v) is 14.2. The second-order valence-electron chi connectivity index (χ2n) is 9.37. The molecule has 2 N–H and O–H groups in total. The number of piperazine rings is 1. The highest BCUT2D eigenvalue weighted by Crippen LogP contribution is 2.31. The molecule has 2 aliphatic heterocycles. The molecule has 2 amide bonds. The zero-order valence-electron chi connectivity index (χ0n) is 20.8. The molecular weight excluding hydrogens is 546 g/mol. The number of carbonyl (C=O) groups is 2. The largest absolute Gasteiger partial charge is 0.371 e. The molecule has 2 heterocycles. The van der Waals surface area contributed by atoms with Gasteiger partial charge in [0.1, 0.15) is 11.9 Å². The fourth-order valence-corrected chi connectivity index (χ4v) is 6.26. The Hall–Kier alpha value is -2.94. The molecule has 0 aromatic heterocycles. The number of thioether (sulfide) groups is 1. The maximum absolute atomic E-state index is 14.0. The lowest BCUT2D eigenvalue weighted by Crippen LogP contribution is -2.49. The van der Waals surface area contributed by atoms with Gasteiger partial charge in [0.05, 0.1) is 11.4 Å². The van der Waals surface area contributed by atoms with Crippen molar-refractivity contribution in [1.29, 1.82) is 0 Å². The van der Waals surface area contributed by atoms with Gasteiger partial charge < -0.3 is 20.4 Å². The Morgan fingerprint density at radius 2 is 1.84 bits per heavy atom. The molecule has 38 heavy (non-hydrogen) atoms. The molecule has 0 unspecified atom stereocenters. The zero-order chi connectivity index (χ0) is 26.8. The molecule has 2 aliphatic rings. The van der Waals surface area contributed by atoms with Gasteiger partial charge in [-0.25, -0.2) is 4.39 Å². The summed E-state index contributed by atoms with van der Waals surface area (Å²) in [6.45, 7) is 4.68. The molecule has 0 saturated carbocycles. The molecule has 10 heteroatoms. The quantitative estimate of drug-likeness (QED) is 0.375. The molecule has 0 bridgehead atoms. The normalized spacial score (nSPS) is 17.1. The van der Waals surface area contributed by atoms with Crippen LogP contribution in [-0.4, -0.2) is 54.7 Å². The average molecular weight is 574 g/mol. The van der Waals surface area contributed by atoms with E-state index in [-0.39, 0.29) is 17.6 Å². The summed E-state index contributed by atoms with van der Waals surface area (Å²) in [6.07, 6.45) is 0. The van der Waals surface area contributed by atoms with Crippen molar-refractivity contribution < 1.29 is 14.0 Å². The Kier molecular flexibility index (Phi) is 8.02. The molecule has 0 radical (unpaired) electrons. The van der Waals surface area contributed by atoms with Crippen molar-refractivity contribution in [1.82, 2.24) is 4.90 Å². The van der Waals surface area contributed by atoms with Crippen LogP contribution in [0.4, 0.5) is 21.5 Å². The molecule has 5 rings (SSSR count). The van der Waals surface area contributed by atoms with E-state index in [4.69, 9.17) is 23.2 Å². The van der Waals surface area contributed by atoms with Crippen molar-refractivity contribution in [3.05, 3.63) is 87.2 Å². The van der Waals surface area contributed by atoms with Crippen LogP contribution in [0.25, 0.3) is 0 Å². The fourth-order valence-electron chi connectivity index (χ4n) is 4.70. The molecule has 3 aromatic rings. The number of nitrogens with one attached hydrogen (secondary N) is 2. The molecule has 1 fully saturated rings. The van der Waals surface area contributed by atoms with Crippen molar-refractivity contribution in [3.8, 4) is 0 Å². The minimum absolute atomic E-state index is 0.0658. The van der Waals surface area contributed by atoms with Crippen LogP contribution in [0.1, 0.15) is 21.5 Å². The number of anilines is 3. The van der Waals surface area contributed by atoms with Crippen LogP contribution in [0, 0.1) is 12.7 Å². The SMILES string of the molecule is Cc1ccc(Cl)cc1N1CCN(C(=O)c2ccc3c(c2)NC(=O)[C@H](CSCc2c(F)cccc2Cl)N3)CC1. The number of hydrogen-bond donors (Lipinski definition) is 2. The summed E-state index contributed by atoms with van der Waals surface area (Å²) in [5.74, 6) is 0.187. The number of aryl methyl sites for hydroxylation is 1. The Balaban J connectivity index is 1.18. The van der Waals surface area contributed by atoms with E-state index in [1.165, 1.54) is 17.8 Å². The molecule has 1 atom stereocenters. The van der Waals surface area contributed by atoms with E-state index in [1.54, 1.807) is 24.3 Å². The monoisotopic (exact) mass is 572 g/mol. The van der Waals surface area contributed by atoms with Crippen molar-refractivity contribution in [3.63, 3.8) is 0 Å². The van der Waals surface area contributed by atoms with E-state index in [2.05, 4.69) is 22.5 Å².